The highest BCUT2D eigenvalue weighted by Gasteiger charge is 2.28. The smallest absolute Gasteiger partial charge is 0.339 e. The zero-order valence-electron chi connectivity index (χ0n) is 18.4. The molecule has 3 aromatic carbocycles. The number of carbonyl (C=O) groups excluding carboxylic acids is 2. The lowest BCUT2D eigenvalue weighted by Gasteiger charge is -2.20. The fraction of sp³-hybridized carbons (Fsp3) is 0.167. The van der Waals surface area contributed by atoms with Gasteiger partial charge in [0.1, 0.15) is 11.8 Å². The summed E-state index contributed by atoms with van der Waals surface area (Å²) in [6, 6.07) is 18.0. The molecule has 0 saturated heterocycles. The van der Waals surface area contributed by atoms with Crippen molar-refractivity contribution in [3.05, 3.63) is 88.9 Å². The van der Waals surface area contributed by atoms with E-state index >= 15 is 0 Å². The molecule has 1 atom stereocenters. The Morgan fingerprint density at radius 2 is 1.65 bits per heavy atom. The normalized spacial score (nSPS) is 12.0. The van der Waals surface area contributed by atoms with Gasteiger partial charge < -0.3 is 14.8 Å². The van der Waals surface area contributed by atoms with Crippen molar-refractivity contribution in [2.75, 3.05) is 19.5 Å². The molecule has 0 spiro atoms. The summed E-state index contributed by atoms with van der Waals surface area (Å²) in [7, 11) is -1.49. The van der Waals surface area contributed by atoms with Crippen molar-refractivity contribution in [1.29, 1.82) is 0 Å². The predicted octanol–water partition coefficient (Wildman–Crippen LogP) is 3.66. The summed E-state index contributed by atoms with van der Waals surface area (Å²) < 4.78 is 38.5. The van der Waals surface area contributed by atoms with Crippen LogP contribution in [0.2, 0.25) is 5.02 Å². The molecule has 0 bridgehead atoms. The summed E-state index contributed by atoms with van der Waals surface area (Å²) in [5.41, 5.74) is 1.07. The number of para-hydroxylation sites is 1. The molecule has 1 amide bonds. The number of anilines is 1. The van der Waals surface area contributed by atoms with Crippen LogP contribution in [0.25, 0.3) is 0 Å². The number of halogens is 1. The molecule has 10 heteroatoms. The van der Waals surface area contributed by atoms with Crippen molar-refractivity contribution in [1.82, 2.24) is 4.72 Å². The van der Waals surface area contributed by atoms with Gasteiger partial charge in [-0.05, 0) is 42.3 Å². The fourth-order valence-corrected chi connectivity index (χ4v) is 4.75. The molecule has 0 aliphatic rings. The molecular formula is C24H23ClN2O6S. The molecule has 3 aromatic rings. The standard InChI is InChI=1S/C24H23ClN2O6S/c1-32-22-13-12-17(15-19(22)25)34(30,31)27-21(14-16-8-4-3-5-9-16)23(28)26-20-11-7-6-10-18(20)24(29)33-2/h3-13,15,21,27H,14H2,1-2H3,(H,26,28)/t21-/m1/s1. The van der Waals surface area contributed by atoms with Gasteiger partial charge in [0.25, 0.3) is 0 Å². The molecular weight excluding hydrogens is 480 g/mol. The largest absolute Gasteiger partial charge is 0.495 e. The SMILES string of the molecule is COC(=O)c1ccccc1NC(=O)[C@@H](Cc1ccccc1)NS(=O)(=O)c1ccc(OC)c(Cl)c1. The van der Waals surface area contributed by atoms with Crippen LogP contribution in [0.5, 0.6) is 5.75 Å². The van der Waals surface area contributed by atoms with Gasteiger partial charge in [-0.2, -0.15) is 4.72 Å². The van der Waals surface area contributed by atoms with Gasteiger partial charge in [-0.15, -0.1) is 0 Å². The number of sulfonamides is 1. The Balaban J connectivity index is 1.92. The van der Waals surface area contributed by atoms with E-state index in [0.29, 0.717) is 5.75 Å². The maximum Gasteiger partial charge on any atom is 0.339 e. The first-order chi connectivity index (χ1) is 16.2. The van der Waals surface area contributed by atoms with E-state index in [1.54, 1.807) is 36.4 Å². The lowest BCUT2D eigenvalue weighted by atomic mass is 10.1. The van der Waals surface area contributed by atoms with E-state index in [-0.39, 0.29) is 27.6 Å². The molecule has 0 saturated carbocycles. The van der Waals surface area contributed by atoms with Gasteiger partial charge >= 0.3 is 5.97 Å². The van der Waals surface area contributed by atoms with E-state index in [4.69, 9.17) is 21.1 Å². The molecule has 8 nitrogen and oxygen atoms in total. The number of methoxy groups -OCH3 is 2. The number of nitrogens with one attached hydrogen (secondary N) is 2. The van der Waals surface area contributed by atoms with Crippen LogP contribution in [0.15, 0.2) is 77.7 Å². The summed E-state index contributed by atoms with van der Waals surface area (Å²) in [5.74, 6) is -0.967. The van der Waals surface area contributed by atoms with Gasteiger partial charge in [0, 0.05) is 0 Å². The summed E-state index contributed by atoms with van der Waals surface area (Å²) in [4.78, 5) is 25.2. The summed E-state index contributed by atoms with van der Waals surface area (Å²) in [6.07, 6.45) is 0.0657. The van der Waals surface area contributed by atoms with E-state index in [1.165, 1.54) is 44.6 Å². The summed E-state index contributed by atoms with van der Waals surface area (Å²) in [6.45, 7) is 0. The topological polar surface area (TPSA) is 111 Å². The van der Waals surface area contributed by atoms with E-state index in [9.17, 15) is 18.0 Å². The molecule has 2 N–H and O–H groups in total. The first-order valence-electron chi connectivity index (χ1n) is 10.1. The van der Waals surface area contributed by atoms with Gasteiger partial charge in [-0.3, -0.25) is 4.79 Å². The maximum absolute atomic E-state index is 13.2. The molecule has 0 radical (unpaired) electrons. The minimum Gasteiger partial charge on any atom is -0.495 e. The van der Waals surface area contributed by atoms with Crippen molar-refractivity contribution in [2.45, 2.75) is 17.4 Å². The van der Waals surface area contributed by atoms with Crippen LogP contribution >= 0.6 is 11.6 Å². The third-order valence-electron chi connectivity index (χ3n) is 4.92. The van der Waals surface area contributed by atoms with Crippen LogP contribution in [0.1, 0.15) is 15.9 Å². The Morgan fingerprint density at radius 3 is 2.29 bits per heavy atom. The average Bonchev–Trinajstić information content (AvgIpc) is 2.84. The van der Waals surface area contributed by atoms with Gasteiger partial charge in [-0.25, -0.2) is 13.2 Å². The van der Waals surface area contributed by atoms with Gasteiger partial charge in [0.2, 0.25) is 15.9 Å². The summed E-state index contributed by atoms with van der Waals surface area (Å²) in [5, 5.41) is 2.75. The second-order valence-electron chi connectivity index (χ2n) is 7.19. The number of carbonyl (C=O) groups is 2. The average molecular weight is 503 g/mol. The minimum absolute atomic E-state index is 0.0657. The number of hydrogen-bond donors (Lipinski definition) is 2. The highest BCUT2D eigenvalue weighted by Crippen LogP contribution is 2.27. The molecule has 0 aromatic heterocycles. The Morgan fingerprint density at radius 1 is 0.971 bits per heavy atom. The van der Waals surface area contributed by atoms with Crippen LogP contribution in [0, 0.1) is 0 Å². The lowest BCUT2D eigenvalue weighted by Crippen LogP contribution is -2.45. The van der Waals surface area contributed by atoms with E-state index in [2.05, 4.69) is 10.0 Å². The van der Waals surface area contributed by atoms with Gasteiger partial charge in [0.05, 0.1) is 35.4 Å². The molecule has 0 aliphatic heterocycles. The summed E-state index contributed by atoms with van der Waals surface area (Å²) >= 11 is 6.09. The van der Waals surface area contributed by atoms with Gasteiger partial charge in [-0.1, -0.05) is 54.1 Å². The monoisotopic (exact) mass is 502 g/mol. The van der Waals surface area contributed by atoms with Crippen molar-refractivity contribution < 1.29 is 27.5 Å². The molecule has 0 heterocycles. The molecule has 0 aliphatic carbocycles. The quantitative estimate of drug-likeness (QED) is 0.432. The van der Waals surface area contributed by atoms with Crippen LogP contribution in [-0.2, 0) is 26.0 Å². The van der Waals surface area contributed by atoms with E-state index in [0.717, 1.165) is 5.56 Å². The molecule has 0 fully saturated rings. The van der Waals surface area contributed by atoms with Crippen molar-refractivity contribution in [3.63, 3.8) is 0 Å². The Kier molecular flexibility index (Phi) is 8.27. The second kappa shape index (κ2) is 11.1. The van der Waals surface area contributed by atoms with Crippen molar-refractivity contribution >= 4 is 39.2 Å². The number of hydrogen-bond acceptors (Lipinski definition) is 6. The Bertz CT molecular complexity index is 1280. The van der Waals surface area contributed by atoms with Crippen LogP contribution in [-0.4, -0.2) is 40.6 Å². The number of amides is 1. The second-order valence-corrected chi connectivity index (χ2v) is 9.31. The highest BCUT2D eigenvalue weighted by atomic mass is 35.5. The third kappa shape index (κ3) is 6.13. The number of ether oxygens (including phenoxy) is 2. The minimum atomic E-state index is -4.14. The maximum atomic E-state index is 13.2. The molecule has 178 valence electrons. The number of rotatable bonds is 9. The van der Waals surface area contributed by atoms with Crippen LogP contribution < -0.4 is 14.8 Å². The first-order valence-corrected chi connectivity index (χ1v) is 12.0. The van der Waals surface area contributed by atoms with Crippen LogP contribution in [0.3, 0.4) is 0 Å². The lowest BCUT2D eigenvalue weighted by molar-refractivity contribution is -0.117. The number of benzene rings is 3. The van der Waals surface area contributed by atoms with Gasteiger partial charge in [0.15, 0.2) is 0 Å². The first kappa shape index (κ1) is 25.2. The third-order valence-corrected chi connectivity index (χ3v) is 6.69. The van der Waals surface area contributed by atoms with E-state index < -0.39 is 27.9 Å². The zero-order valence-corrected chi connectivity index (χ0v) is 20.0. The molecule has 34 heavy (non-hydrogen) atoms. The fourth-order valence-electron chi connectivity index (χ4n) is 3.21. The van der Waals surface area contributed by atoms with E-state index in [1.807, 2.05) is 6.07 Å². The Labute approximate surface area is 202 Å². The van der Waals surface area contributed by atoms with Crippen molar-refractivity contribution in [2.24, 2.45) is 0 Å². The van der Waals surface area contributed by atoms with Crippen LogP contribution in [0.4, 0.5) is 5.69 Å². The predicted molar refractivity (Wildman–Crippen MR) is 129 cm³/mol. The molecule has 0 unspecified atom stereocenters. The van der Waals surface area contributed by atoms with Crippen molar-refractivity contribution in [3.8, 4) is 5.75 Å². The zero-order chi connectivity index (χ0) is 24.7. The highest BCUT2D eigenvalue weighted by molar-refractivity contribution is 7.89. The number of esters is 1. The molecule has 3 rings (SSSR count). The Hall–Kier alpha value is -3.40.